The normalized spacial score (nSPS) is 10.5. The van der Waals surface area contributed by atoms with Crippen LogP contribution in [-0.2, 0) is 13.0 Å². The van der Waals surface area contributed by atoms with E-state index in [-0.39, 0.29) is 5.82 Å². The lowest BCUT2D eigenvalue weighted by atomic mass is 10.0. The molecular formula is C15H16FN. The molecule has 2 heteroatoms. The molecule has 0 spiro atoms. The van der Waals surface area contributed by atoms with E-state index in [4.69, 9.17) is 0 Å². The summed E-state index contributed by atoms with van der Waals surface area (Å²) in [5.74, 6) is -0.183. The number of hydrogen-bond acceptors (Lipinski definition) is 1. The molecule has 2 aromatic carbocycles. The third-order valence-corrected chi connectivity index (χ3v) is 2.69. The fourth-order valence-corrected chi connectivity index (χ4v) is 1.89. The number of rotatable bonds is 4. The first-order chi connectivity index (χ1) is 8.28. The molecule has 0 aliphatic heterocycles. The minimum absolute atomic E-state index is 0.183. The van der Waals surface area contributed by atoms with E-state index >= 15 is 0 Å². The van der Waals surface area contributed by atoms with Gasteiger partial charge in [0.2, 0.25) is 0 Å². The maximum atomic E-state index is 12.8. The topological polar surface area (TPSA) is 12.0 Å². The Hall–Kier alpha value is -1.67. The molecule has 2 rings (SSSR count). The van der Waals surface area contributed by atoms with E-state index in [1.165, 1.54) is 23.3 Å². The maximum Gasteiger partial charge on any atom is 0.123 e. The molecule has 1 N–H and O–H groups in total. The van der Waals surface area contributed by atoms with E-state index in [0.717, 1.165) is 18.5 Å². The van der Waals surface area contributed by atoms with E-state index in [2.05, 4.69) is 29.6 Å². The lowest BCUT2D eigenvalue weighted by molar-refractivity contribution is 0.627. The molecule has 0 heterocycles. The second-order valence-corrected chi connectivity index (χ2v) is 4.15. The molecule has 0 bridgehead atoms. The molecule has 0 aromatic heterocycles. The SMILES string of the molecule is CNCc1cccc(Cc2ccc(F)cc2)c1. The molecule has 0 amide bonds. The highest BCUT2D eigenvalue weighted by molar-refractivity contribution is 5.29. The van der Waals surface area contributed by atoms with Gasteiger partial charge in [0.15, 0.2) is 0 Å². The van der Waals surface area contributed by atoms with Crippen LogP contribution in [0.25, 0.3) is 0 Å². The van der Waals surface area contributed by atoms with Gasteiger partial charge in [-0.05, 0) is 42.3 Å². The van der Waals surface area contributed by atoms with Gasteiger partial charge in [0.1, 0.15) is 5.82 Å². The van der Waals surface area contributed by atoms with Crippen molar-refractivity contribution in [3.05, 3.63) is 71.0 Å². The van der Waals surface area contributed by atoms with E-state index in [1.807, 2.05) is 19.2 Å². The van der Waals surface area contributed by atoms with Gasteiger partial charge in [-0.15, -0.1) is 0 Å². The Morgan fingerprint density at radius 3 is 2.35 bits per heavy atom. The predicted octanol–water partition coefficient (Wildman–Crippen LogP) is 3.14. The molecule has 0 atom stereocenters. The summed E-state index contributed by atoms with van der Waals surface area (Å²) in [6, 6.07) is 15.1. The predicted molar refractivity (Wildman–Crippen MR) is 68.4 cm³/mol. The zero-order valence-corrected chi connectivity index (χ0v) is 9.91. The summed E-state index contributed by atoms with van der Waals surface area (Å²) in [7, 11) is 1.94. The highest BCUT2D eigenvalue weighted by Gasteiger charge is 1.98. The maximum absolute atomic E-state index is 12.8. The van der Waals surface area contributed by atoms with Crippen LogP contribution in [0.3, 0.4) is 0 Å². The average Bonchev–Trinajstić information content (AvgIpc) is 2.33. The molecule has 0 saturated carbocycles. The van der Waals surface area contributed by atoms with Crippen LogP contribution in [0.5, 0.6) is 0 Å². The Morgan fingerprint density at radius 2 is 1.65 bits per heavy atom. The molecule has 88 valence electrons. The van der Waals surface area contributed by atoms with Crippen LogP contribution in [0, 0.1) is 5.82 Å². The third kappa shape index (κ3) is 3.40. The molecule has 0 aliphatic carbocycles. The number of halogens is 1. The molecule has 2 aromatic rings. The van der Waals surface area contributed by atoms with E-state index in [9.17, 15) is 4.39 Å². The van der Waals surface area contributed by atoms with Crippen molar-refractivity contribution in [2.45, 2.75) is 13.0 Å². The zero-order chi connectivity index (χ0) is 12.1. The third-order valence-electron chi connectivity index (χ3n) is 2.69. The Morgan fingerprint density at radius 1 is 0.941 bits per heavy atom. The first-order valence-electron chi connectivity index (χ1n) is 5.75. The highest BCUT2D eigenvalue weighted by Crippen LogP contribution is 2.12. The molecule has 0 aliphatic rings. The molecular weight excluding hydrogens is 213 g/mol. The minimum Gasteiger partial charge on any atom is -0.316 e. The summed E-state index contributed by atoms with van der Waals surface area (Å²) in [6.45, 7) is 0.872. The van der Waals surface area contributed by atoms with Gasteiger partial charge in [-0.3, -0.25) is 0 Å². The van der Waals surface area contributed by atoms with Crippen molar-refractivity contribution >= 4 is 0 Å². The summed E-state index contributed by atoms with van der Waals surface area (Å²) in [5, 5.41) is 3.13. The van der Waals surface area contributed by atoms with Crippen LogP contribution >= 0.6 is 0 Å². The van der Waals surface area contributed by atoms with Gasteiger partial charge in [-0.25, -0.2) is 4.39 Å². The van der Waals surface area contributed by atoms with Gasteiger partial charge < -0.3 is 5.32 Å². The van der Waals surface area contributed by atoms with Crippen LogP contribution in [0.15, 0.2) is 48.5 Å². The quantitative estimate of drug-likeness (QED) is 0.849. The summed E-state index contributed by atoms with van der Waals surface area (Å²) in [6.07, 6.45) is 0.845. The molecule has 0 radical (unpaired) electrons. The zero-order valence-electron chi connectivity index (χ0n) is 9.91. The van der Waals surface area contributed by atoms with Gasteiger partial charge in [-0.2, -0.15) is 0 Å². The average molecular weight is 229 g/mol. The largest absolute Gasteiger partial charge is 0.316 e. The monoisotopic (exact) mass is 229 g/mol. The first kappa shape index (κ1) is 11.8. The van der Waals surface area contributed by atoms with Crippen molar-refractivity contribution in [2.24, 2.45) is 0 Å². The smallest absolute Gasteiger partial charge is 0.123 e. The Bertz CT molecular complexity index is 477. The second-order valence-electron chi connectivity index (χ2n) is 4.15. The first-order valence-corrected chi connectivity index (χ1v) is 5.75. The summed E-state index contributed by atoms with van der Waals surface area (Å²) in [5.41, 5.74) is 3.66. The van der Waals surface area contributed by atoms with Crippen molar-refractivity contribution in [1.82, 2.24) is 5.32 Å². The second kappa shape index (κ2) is 5.60. The Balaban J connectivity index is 2.12. The van der Waals surface area contributed by atoms with Crippen LogP contribution in [0.2, 0.25) is 0 Å². The van der Waals surface area contributed by atoms with Crippen LogP contribution < -0.4 is 5.32 Å². The number of benzene rings is 2. The summed E-state index contributed by atoms with van der Waals surface area (Å²) < 4.78 is 12.8. The van der Waals surface area contributed by atoms with Crippen molar-refractivity contribution in [3.63, 3.8) is 0 Å². The van der Waals surface area contributed by atoms with Gasteiger partial charge in [0, 0.05) is 6.54 Å². The lowest BCUT2D eigenvalue weighted by Gasteiger charge is -2.05. The van der Waals surface area contributed by atoms with E-state index in [0.29, 0.717) is 0 Å². The number of hydrogen-bond donors (Lipinski definition) is 1. The van der Waals surface area contributed by atoms with Crippen molar-refractivity contribution < 1.29 is 4.39 Å². The molecule has 1 nitrogen and oxygen atoms in total. The standard InChI is InChI=1S/C15H16FN/c1-17-11-14-4-2-3-13(10-14)9-12-5-7-15(16)8-6-12/h2-8,10,17H,9,11H2,1H3. The van der Waals surface area contributed by atoms with Gasteiger partial charge in [-0.1, -0.05) is 36.4 Å². The fourth-order valence-electron chi connectivity index (χ4n) is 1.89. The molecule has 17 heavy (non-hydrogen) atoms. The summed E-state index contributed by atoms with van der Waals surface area (Å²) in [4.78, 5) is 0. The van der Waals surface area contributed by atoms with Gasteiger partial charge in [0.25, 0.3) is 0 Å². The van der Waals surface area contributed by atoms with Gasteiger partial charge in [0.05, 0.1) is 0 Å². The van der Waals surface area contributed by atoms with E-state index in [1.54, 1.807) is 0 Å². The highest BCUT2D eigenvalue weighted by atomic mass is 19.1. The van der Waals surface area contributed by atoms with Crippen LogP contribution in [0.1, 0.15) is 16.7 Å². The Labute approximate surface area is 101 Å². The molecule has 0 unspecified atom stereocenters. The van der Waals surface area contributed by atoms with Crippen molar-refractivity contribution in [2.75, 3.05) is 7.05 Å². The molecule has 0 saturated heterocycles. The molecule has 0 fully saturated rings. The Kier molecular flexibility index (Phi) is 3.89. The van der Waals surface area contributed by atoms with Crippen molar-refractivity contribution in [1.29, 1.82) is 0 Å². The van der Waals surface area contributed by atoms with Crippen molar-refractivity contribution in [3.8, 4) is 0 Å². The number of nitrogens with one attached hydrogen (secondary N) is 1. The minimum atomic E-state index is -0.183. The summed E-state index contributed by atoms with van der Waals surface area (Å²) >= 11 is 0. The van der Waals surface area contributed by atoms with Gasteiger partial charge >= 0.3 is 0 Å². The fraction of sp³-hybridized carbons (Fsp3) is 0.200. The van der Waals surface area contributed by atoms with Crippen LogP contribution in [-0.4, -0.2) is 7.05 Å². The van der Waals surface area contributed by atoms with Crippen LogP contribution in [0.4, 0.5) is 4.39 Å². The van der Waals surface area contributed by atoms with E-state index < -0.39 is 0 Å². The lowest BCUT2D eigenvalue weighted by Crippen LogP contribution is -2.05.